The van der Waals surface area contributed by atoms with Gasteiger partial charge in [-0.1, -0.05) is 6.07 Å². The number of benzene rings is 1. The molecule has 0 aliphatic carbocycles. The van der Waals surface area contributed by atoms with Crippen LogP contribution in [0.5, 0.6) is 5.75 Å². The van der Waals surface area contributed by atoms with Gasteiger partial charge in [0.15, 0.2) is 0 Å². The first-order valence-corrected chi connectivity index (χ1v) is 3.41. The van der Waals surface area contributed by atoms with Crippen molar-refractivity contribution < 1.29 is 9.13 Å². The first-order valence-electron chi connectivity index (χ1n) is 3.41. The van der Waals surface area contributed by atoms with Crippen molar-refractivity contribution in [3.05, 3.63) is 24.0 Å². The molecule has 0 bridgehead atoms. The van der Waals surface area contributed by atoms with Crippen molar-refractivity contribution in [2.24, 2.45) is 0 Å². The molecule has 0 saturated heterocycles. The minimum Gasteiger partial charge on any atom is -0.500 e. The van der Waals surface area contributed by atoms with Gasteiger partial charge in [0.05, 0.1) is 12.9 Å². The minimum absolute atomic E-state index is 0.237. The molecule has 3 heteroatoms. The first kappa shape index (κ1) is 8.11. The second-order valence-corrected chi connectivity index (χ2v) is 2.17. The van der Waals surface area contributed by atoms with Crippen molar-refractivity contribution in [2.45, 2.75) is 6.82 Å². The predicted octanol–water partition coefficient (Wildman–Crippen LogP) is 1.21. The molecule has 1 aromatic carbocycles. The Morgan fingerprint density at radius 1 is 1.45 bits per heavy atom. The summed E-state index contributed by atoms with van der Waals surface area (Å²) in [5.74, 6) is 0.466. The van der Waals surface area contributed by atoms with Crippen molar-refractivity contribution in [3.8, 4) is 5.75 Å². The molecular formula is C8H9BFO-. The van der Waals surface area contributed by atoms with Crippen LogP contribution in [0.1, 0.15) is 0 Å². The van der Waals surface area contributed by atoms with E-state index in [-0.39, 0.29) is 5.82 Å². The van der Waals surface area contributed by atoms with Gasteiger partial charge in [0.2, 0.25) is 0 Å². The summed E-state index contributed by atoms with van der Waals surface area (Å²) in [5, 5.41) is 0. The number of rotatable bonds is 2. The molecule has 0 N–H and O–H groups in total. The van der Waals surface area contributed by atoms with Crippen LogP contribution in [0.3, 0.4) is 0 Å². The lowest BCUT2D eigenvalue weighted by molar-refractivity contribution is 0.417. The lowest BCUT2D eigenvalue weighted by atomic mass is 9.73. The monoisotopic (exact) mass is 151 g/mol. The lowest BCUT2D eigenvalue weighted by Crippen LogP contribution is -2.14. The normalized spacial score (nSPS) is 9.73. The maximum Gasteiger partial charge on any atom is 0.120 e. The third-order valence-electron chi connectivity index (χ3n) is 1.50. The SMILES string of the molecule is C[B-]c1cc(F)ccc1OC. The van der Waals surface area contributed by atoms with Gasteiger partial charge >= 0.3 is 0 Å². The Kier molecular flexibility index (Phi) is 2.52. The van der Waals surface area contributed by atoms with E-state index in [9.17, 15) is 4.39 Å². The molecule has 0 aromatic heterocycles. The topological polar surface area (TPSA) is 9.23 Å². The highest BCUT2D eigenvalue weighted by Crippen LogP contribution is 2.06. The maximum absolute atomic E-state index is 12.6. The Morgan fingerprint density at radius 3 is 2.73 bits per heavy atom. The van der Waals surface area contributed by atoms with E-state index in [1.165, 1.54) is 12.1 Å². The van der Waals surface area contributed by atoms with Crippen molar-refractivity contribution in [3.63, 3.8) is 0 Å². The second-order valence-electron chi connectivity index (χ2n) is 2.17. The predicted molar refractivity (Wildman–Crippen MR) is 44.2 cm³/mol. The van der Waals surface area contributed by atoms with Crippen LogP contribution in [-0.4, -0.2) is 14.4 Å². The number of hydrogen-bond donors (Lipinski definition) is 0. The summed E-state index contributed by atoms with van der Waals surface area (Å²) in [6.45, 7) is 1.84. The molecule has 0 atom stereocenters. The number of methoxy groups -OCH3 is 1. The van der Waals surface area contributed by atoms with Crippen LogP contribution in [0.25, 0.3) is 0 Å². The van der Waals surface area contributed by atoms with Gasteiger partial charge in [0, 0.05) is 0 Å². The molecule has 0 aliphatic heterocycles. The molecule has 58 valence electrons. The second kappa shape index (κ2) is 3.42. The highest BCUT2D eigenvalue weighted by atomic mass is 19.1. The van der Waals surface area contributed by atoms with E-state index in [1.54, 1.807) is 13.2 Å². The fourth-order valence-electron chi connectivity index (χ4n) is 0.931. The van der Waals surface area contributed by atoms with E-state index in [0.29, 0.717) is 5.75 Å². The molecule has 0 amide bonds. The molecule has 0 saturated carbocycles. The van der Waals surface area contributed by atoms with Gasteiger partial charge in [0.25, 0.3) is 0 Å². The lowest BCUT2D eigenvalue weighted by Gasteiger charge is -2.15. The largest absolute Gasteiger partial charge is 0.500 e. The fourth-order valence-corrected chi connectivity index (χ4v) is 0.931. The molecule has 1 rings (SSSR count). The van der Waals surface area contributed by atoms with Gasteiger partial charge < -0.3 is 4.74 Å². The van der Waals surface area contributed by atoms with E-state index in [4.69, 9.17) is 4.74 Å². The number of ether oxygens (including phenoxy) is 1. The third-order valence-corrected chi connectivity index (χ3v) is 1.50. The van der Waals surface area contributed by atoms with Crippen LogP contribution in [0, 0.1) is 5.82 Å². The van der Waals surface area contributed by atoms with E-state index >= 15 is 0 Å². The molecule has 0 spiro atoms. The highest BCUT2D eigenvalue weighted by Gasteiger charge is 1.92. The first-order chi connectivity index (χ1) is 5.27. The zero-order valence-electron chi connectivity index (χ0n) is 6.60. The molecular weight excluding hydrogens is 142 g/mol. The van der Waals surface area contributed by atoms with Gasteiger partial charge in [0.1, 0.15) is 5.82 Å². The van der Waals surface area contributed by atoms with Gasteiger partial charge in [-0.2, -0.15) is 0 Å². The molecule has 0 fully saturated rings. The van der Waals surface area contributed by atoms with Crippen LogP contribution in [-0.2, 0) is 0 Å². The summed E-state index contributed by atoms with van der Waals surface area (Å²) in [5.41, 5.74) is 0.785. The Balaban J connectivity index is 3.06. The molecule has 1 nitrogen and oxygen atoms in total. The highest BCUT2D eigenvalue weighted by molar-refractivity contribution is 6.53. The Morgan fingerprint density at radius 2 is 2.18 bits per heavy atom. The molecule has 11 heavy (non-hydrogen) atoms. The summed E-state index contributed by atoms with van der Waals surface area (Å²) in [6.07, 6.45) is 0. The Hall–Kier alpha value is -0.985. The van der Waals surface area contributed by atoms with Gasteiger partial charge in [-0.15, -0.1) is 0 Å². The van der Waals surface area contributed by atoms with E-state index < -0.39 is 0 Å². The van der Waals surface area contributed by atoms with Gasteiger partial charge in [-0.25, -0.2) is 16.7 Å². The summed E-state index contributed by atoms with van der Waals surface area (Å²) in [7, 11) is 3.38. The standard InChI is InChI=1S/C8H9BFO/c1-9-7-5-6(10)3-4-8(7)11-2/h3-5H,1-2H3/q-1. The summed E-state index contributed by atoms with van der Waals surface area (Å²) in [4.78, 5) is 0. The van der Waals surface area contributed by atoms with Crippen molar-refractivity contribution >= 4 is 12.7 Å². The van der Waals surface area contributed by atoms with Gasteiger partial charge in [-0.05, 0) is 12.1 Å². The van der Waals surface area contributed by atoms with E-state index in [0.717, 1.165) is 5.46 Å². The fraction of sp³-hybridized carbons (Fsp3) is 0.250. The van der Waals surface area contributed by atoms with Crippen LogP contribution in [0.2, 0.25) is 6.82 Å². The molecule has 0 heterocycles. The quantitative estimate of drug-likeness (QED) is 0.577. The number of hydrogen-bond acceptors (Lipinski definition) is 1. The molecule has 2 radical (unpaired) electrons. The minimum atomic E-state index is -0.237. The van der Waals surface area contributed by atoms with E-state index in [2.05, 4.69) is 0 Å². The summed E-state index contributed by atoms with van der Waals surface area (Å²) in [6, 6.07) is 4.44. The van der Waals surface area contributed by atoms with Crippen molar-refractivity contribution in [1.82, 2.24) is 0 Å². The molecule has 1 aromatic rings. The zero-order valence-corrected chi connectivity index (χ0v) is 6.60. The smallest absolute Gasteiger partial charge is 0.120 e. The average molecular weight is 151 g/mol. The molecule has 0 unspecified atom stereocenters. The zero-order chi connectivity index (χ0) is 8.27. The number of halogens is 1. The van der Waals surface area contributed by atoms with Crippen LogP contribution in [0.15, 0.2) is 18.2 Å². The van der Waals surface area contributed by atoms with Crippen molar-refractivity contribution in [1.29, 1.82) is 0 Å². The van der Waals surface area contributed by atoms with Crippen LogP contribution >= 0.6 is 0 Å². The average Bonchev–Trinajstić information content (AvgIpc) is 2.04. The van der Waals surface area contributed by atoms with Crippen LogP contribution in [0.4, 0.5) is 4.39 Å². The third kappa shape index (κ3) is 1.73. The summed E-state index contributed by atoms with van der Waals surface area (Å²) >= 11 is 0. The molecule has 0 aliphatic rings. The summed E-state index contributed by atoms with van der Waals surface area (Å²) < 4.78 is 17.6. The van der Waals surface area contributed by atoms with Crippen LogP contribution < -0.4 is 10.2 Å². The van der Waals surface area contributed by atoms with Gasteiger partial charge in [-0.3, -0.25) is 7.28 Å². The Bertz CT molecular complexity index is 250. The van der Waals surface area contributed by atoms with E-state index in [1.807, 2.05) is 14.1 Å². The maximum atomic E-state index is 12.6. The Labute approximate surface area is 66.4 Å². The van der Waals surface area contributed by atoms with Crippen molar-refractivity contribution in [2.75, 3.05) is 7.11 Å².